The second kappa shape index (κ2) is 8.66. The van der Waals surface area contributed by atoms with Crippen molar-refractivity contribution < 1.29 is 23.5 Å². The molecule has 166 valence electrons. The van der Waals surface area contributed by atoms with Crippen molar-refractivity contribution in [2.45, 2.75) is 56.7 Å². The summed E-state index contributed by atoms with van der Waals surface area (Å²) in [5.41, 5.74) is 4.48. The summed E-state index contributed by atoms with van der Waals surface area (Å²) in [4.78, 5) is 38.0. The van der Waals surface area contributed by atoms with Gasteiger partial charge in [0.15, 0.2) is 0 Å². The van der Waals surface area contributed by atoms with Gasteiger partial charge in [-0.05, 0) is 44.2 Å². The zero-order chi connectivity index (χ0) is 22.8. The Balaban J connectivity index is 1.79. The summed E-state index contributed by atoms with van der Waals surface area (Å²) in [7, 11) is 0. The highest BCUT2D eigenvalue weighted by Crippen LogP contribution is 2.51. The topological polar surface area (TPSA) is 111 Å². The van der Waals surface area contributed by atoms with Crippen molar-refractivity contribution in [2.75, 3.05) is 0 Å². The molecule has 3 atom stereocenters. The van der Waals surface area contributed by atoms with E-state index in [0.29, 0.717) is 11.3 Å². The average molecular weight is 448 g/mol. The summed E-state index contributed by atoms with van der Waals surface area (Å²) in [5, 5.41) is 6.77. The Morgan fingerprint density at radius 1 is 1.26 bits per heavy atom. The van der Waals surface area contributed by atoms with Crippen molar-refractivity contribution in [1.29, 1.82) is 0 Å². The van der Waals surface area contributed by atoms with E-state index >= 15 is 0 Å². The molecular formula is C22H26FN3O4S. The third-order valence-electron chi connectivity index (χ3n) is 5.04. The number of hydrogen-bond donors (Lipinski definition) is 3. The fraction of sp³-hybridized carbons (Fsp3) is 0.409. The number of nitrogens with one attached hydrogen (secondary N) is 2. The zero-order valence-corrected chi connectivity index (χ0v) is 18.4. The van der Waals surface area contributed by atoms with E-state index in [1.54, 1.807) is 26.2 Å². The van der Waals surface area contributed by atoms with Crippen molar-refractivity contribution in [3.8, 4) is 0 Å². The minimum absolute atomic E-state index is 0.0839. The molecule has 1 saturated carbocycles. The maximum absolute atomic E-state index is 14.0. The van der Waals surface area contributed by atoms with Crippen LogP contribution in [-0.4, -0.2) is 35.1 Å². The fourth-order valence-electron chi connectivity index (χ4n) is 3.45. The Hall–Kier alpha value is -2.94. The number of primary amides is 1. The minimum atomic E-state index is -1.25. The van der Waals surface area contributed by atoms with Crippen LogP contribution >= 0.6 is 11.3 Å². The van der Waals surface area contributed by atoms with Gasteiger partial charge in [-0.1, -0.05) is 30.3 Å². The highest BCUT2D eigenvalue weighted by Gasteiger charge is 2.61. The molecule has 1 aromatic carbocycles. The molecule has 3 amide bonds. The first kappa shape index (κ1) is 22.7. The Morgan fingerprint density at radius 3 is 2.48 bits per heavy atom. The standard InChI is InChI=1S/C22H26FN3O4S/c1-21(2,3)30-20(29)25-16(11-17-15(23)9-10-31-17)18(27)26-22(19(24)28)12-14(22)13-7-5-4-6-8-13/h4-10,14,16H,11-12H2,1-3H3,(H2,24,28)(H,25,29)(H,26,27)/t14?,16?,22-/m1/s1. The van der Waals surface area contributed by atoms with Gasteiger partial charge < -0.3 is 21.1 Å². The number of thiophene rings is 1. The van der Waals surface area contributed by atoms with Gasteiger partial charge in [-0.2, -0.15) is 0 Å². The second-order valence-corrected chi connectivity index (χ2v) is 9.59. The molecule has 3 rings (SSSR count). The lowest BCUT2D eigenvalue weighted by atomic mass is 10.0. The third-order valence-corrected chi connectivity index (χ3v) is 5.96. The molecular weight excluding hydrogens is 421 g/mol. The van der Waals surface area contributed by atoms with Gasteiger partial charge in [-0.15, -0.1) is 11.3 Å². The molecule has 0 bridgehead atoms. The van der Waals surface area contributed by atoms with Crippen molar-refractivity contribution in [1.82, 2.24) is 10.6 Å². The number of carbonyl (C=O) groups is 3. The van der Waals surface area contributed by atoms with Crippen LogP contribution < -0.4 is 16.4 Å². The van der Waals surface area contributed by atoms with E-state index in [1.165, 1.54) is 6.07 Å². The number of alkyl carbamates (subject to hydrolysis) is 1. The average Bonchev–Trinajstić information content (AvgIpc) is 3.28. The van der Waals surface area contributed by atoms with Crippen LogP contribution in [0.3, 0.4) is 0 Å². The highest BCUT2D eigenvalue weighted by atomic mass is 32.1. The van der Waals surface area contributed by atoms with Crippen molar-refractivity contribution in [3.63, 3.8) is 0 Å². The highest BCUT2D eigenvalue weighted by molar-refractivity contribution is 7.09. The summed E-state index contributed by atoms with van der Waals surface area (Å²) in [6, 6.07) is 9.40. The monoisotopic (exact) mass is 447 g/mol. The van der Waals surface area contributed by atoms with Gasteiger partial charge in [0.1, 0.15) is 23.0 Å². The number of carbonyl (C=O) groups excluding carboxylic acids is 3. The van der Waals surface area contributed by atoms with E-state index in [4.69, 9.17) is 10.5 Å². The number of benzene rings is 1. The first-order chi connectivity index (χ1) is 14.5. The Morgan fingerprint density at radius 2 is 1.94 bits per heavy atom. The maximum Gasteiger partial charge on any atom is 0.408 e. The molecule has 0 radical (unpaired) electrons. The van der Waals surface area contributed by atoms with Gasteiger partial charge in [0.2, 0.25) is 11.8 Å². The molecule has 1 fully saturated rings. The molecule has 2 unspecified atom stereocenters. The summed E-state index contributed by atoms with van der Waals surface area (Å²) in [6.07, 6.45) is -0.544. The van der Waals surface area contributed by atoms with Gasteiger partial charge in [-0.25, -0.2) is 9.18 Å². The molecule has 4 N–H and O–H groups in total. The number of halogens is 1. The van der Waals surface area contributed by atoms with E-state index in [-0.39, 0.29) is 12.3 Å². The molecule has 1 aliphatic carbocycles. The van der Waals surface area contributed by atoms with Gasteiger partial charge in [-0.3, -0.25) is 9.59 Å². The summed E-state index contributed by atoms with van der Waals surface area (Å²) >= 11 is 1.13. The molecule has 1 aromatic heterocycles. The molecule has 2 aromatic rings. The van der Waals surface area contributed by atoms with Crippen LogP contribution in [0.2, 0.25) is 0 Å². The minimum Gasteiger partial charge on any atom is -0.444 e. The molecule has 1 heterocycles. The lowest BCUT2D eigenvalue weighted by Crippen LogP contribution is -2.56. The first-order valence-corrected chi connectivity index (χ1v) is 10.8. The van der Waals surface area contributed by atoms with E-state index in [1.807, 2.05) is 30.3 Å². The molecule has 31 heavy (non-hydrogen) atoms. The summed E-state index contributed by atoms with van der Waals surface area (Å²) in [5.74, 6) is -2.02. The Kier molecular flexibility index (Phi) is 6.35. The zero-order valence-electron chi connectivity index (χ0n) is 17.6. The van der Waals surface area contributed by atoms with Gasteiger partial charge in [0, 0.05) is 17.2 Å². The lowest BCUT2D eigenvalue weighted by molar-refractivity contribution is -0.129. The van der Waals surface area contributed by atoms with Crippen molar-refractivity contribution in [3.05, 3.63) is 58.0 Å². The number of hydrogen-bond acceptors (Lipinski definition) is 5. The van der Waals surface area contributed by atoms with Gasteiger partial charge >= 0.3 is 6.09 Å². The SMILES string of the molecule is CC(C)(C)OC(=O)NC(Cc1sccc1F)C(=O)N[C@]1(C(N)=O)CC1c1ccccc1. The quantitative estimate of drug-likeness (QED) is 0.606. The van der Waals surface area contributed by atoms with E-state index in [2.05, 4.69) is 10.6 Å². The third kappa shape index (κ3) is 5.41. The maximum atomic E-state index is 14.0. The van der Waals surface area contributed by atoms with Crippen LogP contribution in [-0.2, 0) is 20.7 Å². The largest absolute Gasteiger partial charge is 0.444 e. The molecule has 0 aliphatic heterocycles. The van der Waals surface area contributed by atoms with Gasteiger partial charge in [0.25, 0.3) is 0 Å². The second-order valence-electron chi connectivity index (χ2n) is 8.59. The molecule has 7 nitrogen and oxygen atoms in total. The van der Waals surface area contributed by atoms with Crippen molar-refractivity contribution >= 4 is 29.2 Å². The van der Waals surface area contributed by atoms with E-state index in [9.17, 15) is 18.8 Å². The van der Waals surface area contributed by atoms with Gasteiger partial charge in [0.05, 0.1) is 0 Å². The van der Waals surface area contributed by atoms with E-state index < -0.39 is 40.9 Å². The lowest BCUT2D eigenvalue weighted by Gasteiger charge is -2.25. The molecule has 0 saturated heterocycles. The van der Waals surface area contributed by atoms with Crippen LogP contribution in [0.5, 0.6) is 0 Å². The molecule has 0 spiro atoms. The van der Waals surface area contributed by atoms with Crippen LogP contribution in [0.25, 0.3) is 0 Å². The first-order valence-electron chi connectivity index (χ1n) is 9.90. The number of amides is 3. The van der Waals surface area contributed by atoms with Crippen LogP contribution in [0, 0.1) is 5.82 Å². The molecule has 9 heteroatoms. The summed E-state index contributed by atoms with van der Waals surface area (Å²) in [6.45, 7) is 5.08. The predicted molar refractivity (Wildman–Crippen MR) is 115 cm³/mol. The Bertz CT molecular complexity index is 973. The normalized spacial score (nSPS) is 21.1. The number of nitrogens with two attached hydrogens (primary N) is 1. The smallest absolute Gasteiger partial charge is 0.408 e. The predicted octanol–water partition coefficient (Wildman–Crippen LogP) is 2.85. The van der Waals surface area contributed by atoms with Crippen LogP contribution in [0.4, 0.5) is 9.18 Å². The Labute approximate surface area is 184 Å². The van der Waals surface area contributed by atoms with Crippen molar-refractivity contribution in [2.24, 2.45) is 5.73 Å². The van der Waals surface area contributed by atoms with E-state index in [0.717, 1.165) is 16.9 Å². The van der Waals surface area contributed by atoms with Crippen LogP contribution in [0.15, 0.2) is 41.8 Å². The summed E-state index contributed by atoms with van der Waals surface area (Å²) < 4.78 is 19.2. The molecule has 1 aliphatic rings. The number of rotatable bonds is 7. The fourth-order valence-corrected chi connectivity index (χ4v) is 4.24. The van der Waals surface area contributed by atoms with Crippen LogP contribution in [0.1, 0.15) is 43.6 Å². The number of ether oxygens (including phenoxy) is 1.